The van der Waals surface area contributed by atoms with Crippen molar-refractivity contribution in [3.05, 3.63) is 0 Å². The van der Waals surface area contributed by atoms with Crippen molar-refractivity contribution >= 4 is 27.7 Å². The molecule has 1 atom stereocenters. The quantitative estimate of drug-likeness (QED) is 0.414. The van der Waals surface area contributed by atoms with Crippen LogP contribution >= 0.6 is 15.9 Å². The lowest BCUT2D eigenvalue weighted by Crippen LogP contribution is -2.23. The van der Waals surface area contributed by atoms with Gasteiger partial charge in [-0.2, -0.15) is 0 Å². The molecule has 0 bridgehead atoms. The second-order valence-corrected chi connectivity index (χ2v) is 3.31. The Hall–Kier alpha value is -0.380. The van der Waals surface area contributed by atoms with E-state index in [1.165, 1.54) is 14.0 Å². The number of methoxy groups -OCH3 is 1. The van der Waals surface area contributed by atoms with E-state index in [4.69, 9.17) is 0 Å². The number of alkyl halides is 1. The Kier molecular flexibility index (Phi) is 5.98. The first kappa shape index (κ1) is 11.6. The van der Waals surface area contributed by atoms with E-state index in [9.17, 15) is 9.59 Å². The van der Waals surface area contributed by atoms with Crippen molar-refractivity contribution in [1.29, 1.82) is 0 Å². The highest BCUT2D eigenvalue weighted by atomic mass is 79.9. The lowest BCUT2D eigenvalue weighted by molar-refractivity contribution is -0.149. The summed E-state index contributed by atoms with van der Waals surface area (Å²) < 4.78 is 4.50. The predicted octanol–water partition coefficient (Wildman–Crippen LogP) is 1.54. The molecule has 0 amide bonds. The molecule has 0 fully saturated rings. The summed E-state index contributed by atoms with van der Waals surface area (Å²) in [5, 5.41) is 0.799. The molecule has 70 valence electrons. The highest BCUT2D eigenvalue weighted by Crippen LogP contribution is 2.10. The summed E-state index contributed by atoms with van der Waals surface area (Å²) in [5.41, 5.74) is 0. The first-order valence-electron chi connectivity index (χ1n) is 3.77. The van der Waals surface area contributed by atoms with E-state index in [1.807, 2.05) is 0 Å². The van der Waals surface area contributed by atoms with Crippen LogP contribution in [0.4, 0.5) is 0 Å². The SMILES string of the molecule is COC(=O)C(CCCBr)C(C)=O. The molecule has 4 heteroatoms. The first-order chi connectivity index (χ1) is 5.63. The van der Waals surface area contributed by atoms with Crippen molar-refractivity contribution in [1.82, 2.24) is 0 Å². The summed E-state index contributed by atoms with van der Waals surface area (Å²) >= 11 is 3.23. The maximum Gasteiger partial charge on any atom is 0.316 e. The second-order valence-electron chi connectivity index (χ2n) is 2.52. The molecule has 12 heavy (non-hydrogen) atoms. The Morgan fingerprint density at radius 2 is 2.08 bits per heavy atom. The van der Waals surface area contributed by atoms with E-state index < -0.39 is 11.9 Å². The monoisotopic (exact) mass is 236 g/mol. The van der Waals surface area contributed by atoms with E-state index in [1.54, 1.807) is 0 Å². The minimum atomic E-state index is -0.576. The topological polar surface area (TPSA) is 43.4 Å². The van der Waals surface area contributed by atoms with Gasteiger partial charge in [-0.15, -0.1) is 0 Å². The number of hydrogen-bond acceptors (Lipinski definition) is 3. The van der Waals surface area contributed by atoms with E-state index in [-0.39, 0.29) is 5.78 Å². The molecular weight excluding hydrogens is 224 g/mol. The van der Waals surface area contributed by atoms with Gasteiger partial charge < -0.3 is 4.74 Å². The van der Waals surface area contributed by atoms with E-state index >= 15 is 0 Å². The molecule has 0 aromatic carbocycles. The second kappa shape index (κ2) is 6.17. The lowest BCUT2D eigenvalue weighted by Gasteiger charge is -2.09. The number of ketones is 1. The molecule has 0 spiro atoms. The Morgan fingerprint density at radius 1 is 1.50 bits per heavy atom. The van der Waals surface area contributed by atoms with Crippen molar-refractivity contribution < 1.29 is 14.3 Å². The van der Waals surface area contributed by atoms with Crippen LogP contribution in [0.2, 0.25) is 0 Å². The normalized spacial score (nSPS) is 12.2. The fraction of sp³-hybridized carbons (Fsp3) is 0.750. The zero-order chi connectivity index (χ0) is 9.56. The van der Waals surface area contributed by atoms with Gasteiger partial charge in [0.15, 0.2) is 0 Å². The Bertz CT molecular complexity index is 168. The molecule has 0 N–H and O–H groups in total. The zero-order valence-electron chi connectivity index (χ0n) is 7.30. The number of carbonyl (C=O) groups is 2. The third-order valence-corrected chi connectivity index (χ3v) is 2.16. The predicted molar refractivity (Wildman–Crippen MR) is 49.2 cm³/mol. The van der Waals surface area contributed by atoms with Crippen LogP contribution in [0.5, 0.6) is 0 Å². The minimum absolute atomic E-state index is 0.122. The van der Waals surface area contributed by atoms with Gasteiger partial charge in [0, 0.05) is 5.33 Å². The summed E-state index contributed by atoms with van der Waals surface area (Å²) in [6, 6.07) is 0. The fourth-order valence-corrected chi connectivity index (χ4v) is 1.23. The number of halogens is 1. The van der Waals surface area contributed by atoms with Gasteiger partial charge in [-0.1, -0.05) is 15.9 Å². The number of Topliss-reactive ketones (excluding diaryl/α,β-unsaturated/α-hetero) is 1. The third-order valence-electron chi connectivity index (χ3n) is 1.60. The van der Waals surface area contributed by atoms with Crippen LogP contribution in [0.25, 0.3) is 0 Å². The number of carbonyl (C=O) groups excluding carboxylic acids is 2. The molecular formula is C8H13BrO3. The molecule has 0 aliphatic heterocycles. The number of ether oxygens (including phenoxy) is 1. The van der Waals surface area contributed by atoms with Crippen LogP contribution in [0.3, 0.4) is 0 Å². The molecule has 0 saturated carbocycles. The summed E-state index contributed by atoms with van der Waals surface area (Å²) in [5.74, 6) is -1.13. The van der Waals surface area contributed by atoms with E-state index in [2.05, 4.69) is 20.7 Å². The van der Waals surface area contributed by atoms with Gasteiger partial charge in [-0.05, 0) is 19.8 Å². The van der Waals surface area contributed by atoms with Crippen molar-refractivity contribution in [2.24, 2.45) is 5.92 Å². The van der Waals surface area contributed by atoms with Crippen LogP contribution in [-0.4, -0.2) is 24.2 Å². The average molecular weight is 237 g/mol. The highest BCUT2D eigenvalue weighted by Gasteiger charge is 2.22. The maximum absolute atomic E-state index is 11.0. The number of rotatable bonds is 5. The Morgan fingerprint density at radius 3 is 2.42 bits per heavy atom. The van der Waals surface area contributed by atoms with Gasteiger partial charge in [0.2, 0.25) is 0 Å². The summed E-state index contributed by atoms with van der Waals surface area (Å²) in [7, 11) is 1.30. The molecule has 0 aromatic rings. The first-order valence-corrected chi connectivity index (χ1v) is 4.89. The summed E-state index contributed by atoms with van der Waals surface area (Å²) in [6.07, 6.45) is 1.37. The van der Waals surface area contributed by atoms with Crippen LogP contribution in [0.15, 0.2) is 0 Å². The van der Waals surface area contributed by atoms with Crippen molar-refractivity contribution in [3.63, 3.8) is 0 Å². The molecule has 0 heterocycles. The van der Waals surface area contributed by atoms with Crippen LogP contribution in [-0.2, 0) is 14.3 Å². The molecule has 1 unspecified atom stereocenters. The van der Waals surface area contributed by atoms with Crippen molar-refractivity contribution in [3.8, 4) is 0 Å². The van der Waals surface area contributed by atoms with Gasteiger partial charge in [-0.3, -0.25) is 9.59 Å². The highest BCUT2D eigenvalue weighted by molar-refractivity contribution is 9.09. The number of hydrogen-bond donors (Lipinski definition) is 0. The average Bonchev–Trinajstić information content (AvgIpc) is 2.04. The van der Waals surface area contributed by atoms with Crippen molar-refractivity contribution in [2.75, 3.05) is 12.4 Å². The largest absolute Gasteiger partial charge is 0.468 e. The number of esters is 1. The van der Waals surface area contributed by atoms with E-state index in [0.29, 0.717) is 6.42 Å². The van der Waals surface area contributed by atoms with Gasteiger partial charge in [0.05, 0.1) is 7.11 Å². The molecule has 0 rings (SSSR count). The molecule has 0 aliphatic carbocycles. The maximum atomic E-state index is 11.0. The fourth-order valence-electron chi connectivity index (χ4n) is 0.911. The standard InChI is InChI=1S/C8H13BrO3/c1-6(10)7(4-3-5-9)8(11)12-2/h7H,3-5H2,1-2H3. The molecule has 0 saturated heterocycles. The van der Waals surface area contributed by atoms with Gasteiger partial charge in [-0.25, -0.2) is 0 Å². The summed E-state index contributed by atoms with van der Waals surface area (Å²) in [4.78, 5) is 21.9. The zero-order valence-corrected chi connectivity index (χ0v) is 8.89. The minimum Gasteiger partial charge on any atom is -0.468 e. The van der Waals surface area contributed by atoms with Gasteiger partial charge >= 0.3 is 5.97 Å². The lowest BCUT2D eigenvalue weighted by atomic mass is 10.0. The molecule has 3 nitrogen and oxygen atoms in total. The third kappa shape index (κ3) is 3.85. The van der Waals surface area contributed by atoms with Crippen LogP contribution in [0, 0.1) is 5.92 Å². The smallest absolute Gasteiger partial charge is 0.316 e. The van der Waals surface area contributed by atoms with Crippen LogP contribution < -0.4 is 0 Å². The van der Waals surface area contributed by atoms with Crippen LogP contribution in [0.1, 0.15) is 19.8 Å². The van der Waals surface area contributed by atoms with Crippen molar-refractivity contribution in [2.45, 2.75) is 19.8 Å². The van der Waals surface area contributed by atoms with Gasteiger partial charge in [0.1, 0.15) is 11.7 Å². The van der Waals surface area contributed by atoms with E-state index in [0.717, 1.165) is 11.8 Å². The molecule has 0 aliphatic rings. The molecule has 0 radical (unpaired) electrons. The Labute approximate surface area is 80.6 Å². The molecule has 0 aromatic heterocycles. The Balaban J connectivity index is 4.04. The van der Waals surface area contributed by atoms with Gasteiger partial charge in [0.25, 0.3) is 0 Å². The summed E-state index contributed by atoms with van der Waals surface area (Å²) in [6.45, 7) is 1.41.